The number of methoxy groups -OCH3 is 1. The number of hydrogen-bond donors (Lipinski definition) is 0. The fourth-order valence-electron chi connectivity index (χ4n) is 4.69. The predicted octanol–water partition coefficient (Wildman–Crippen LogP) is 8.20. The van der Waals surface area contributed by atoms with Crippen molar-refractivity contribution in [3.05, 3.63) is 95.3 Å². The van der Waals surface area contributed by atoms with Crippen LogP contribution in [0.15, 0.2) is 77.9 Å². The molecule has 0 atom stereocenters. The fraction of sp³-hybridized carbons (Fsp3) is 0.276. The minimum atomic E-state index is -0.175. The van der Waals surface area contributed by atoms with Crippen molar-refractivity contribution in [3.8, 4) is 11.5 Å². The molecule has 0 saturated heterocycles. The van der Waals surface area contributed by atoms with Gasteiger partial charge in [0, 0.05) is 24.9 Å². The highest BCUT2D eigenvalue weighted by Gasteiger charge is 2.22. The Labute approximate surface area is 246 Å². The van der Waals surface area contributed by atoms with E-state index < -0.39 is 0 Å². The Kier molecular flexibility index (Phi) is 8.65. The maximum absolute atomic E-state index is 13.6. The summed E-state index contributed by atoms with van der Waals surface area (Å²) in [5.41, 5.74) is 2.32. The minimum absolute atomic E-state index is 0.175. The first kappa shape index (κ1) is 27.1. The quantitative estimate of drug-likeness (QED) is 0.182. The highest BCUT2D eigenvalue weighted by Crippen LogP contribution is 2.34. The van der Waals surface area contributed by atoms with Gasteiger partial charge in [0.25, 0.3) is 5.56 Å². The van der Waals surface area contributed by atoms with Crippen molar-refractivity contribution >= 4 is 64.9 Å². The van der Waals surface area contributed by atoms with Gasteiger partial charge in [0.2, 0.25) is 0 Å². The third kappa shape index (κ3) is 6.05. The molecular weight excluding hydrogens is 678 g/mol. The van der Waals surface area contributed by atoms with Gasteiger partial charge in [0.15, 0.2) is 11.5 Å². The molecule has 0 unspecified atom stereocenters. The first-order chi connectivity index (χ1) is 18.4. The Bertz CT molecular complexity index is 1550. The first-order valence-corrected chi connectivity index (χ1v) is 14.8. The number of nitrogens with zero attached hydrogens (tertiary/aromatic N) is 3. The van der Waals surface area contributed by atoms with E-state index in [-0.39, 0.29) is 11.5 Å². The molecular formula is C29H26Br3N3O3. The van der Waals surface area contributed by atoms with E-state index in [1.807, 2.05) is 48.5 Å². The van der Waals surface area contributed by atoms with Gasteiger partial charge in [-0.25, -0.2) is 4.98 Å². The lowest BCUT2D eigenvalue weighted by atomic mass is 9.88. The van der Waals surface area contributed by atoms with Crippen LogP contribution in [0.3, 0.4) is 0 Å². The summed E-state index contributed by atoms with van der Waals surface area (Å²) in [6.07, 6.45) is 7.16. The third-order valence-electron chi connectivity index (χ3n) is 6.71. The molecule has 1 aliphatic rings. The molecule has 3 aromatic carbocycles. The number of rotatable bonds is 7. The largest absolute Gasteiger partial charge is 0.493 e. The topological polar surface area (TPSA) is 65.7 Å². The Morgan fingerprint density at radius 1 is 0.974 bits per heavy atom. The Morgan fingerprint density at radius 2 is 1.71 bits per heavy atom. The highest BCUT2D eigenvalue weighted by atomic mass is 79.9. The SMILES string of the molecule is COc1cc(C=Nn2c(C3CCCCC3)nc3ccc(Br)cc3c2=O)c(Br)cc1OCc1ccc(Br)cc1. The summed E-state index contributed by atoms with van der Waals surface area (Å²) in [4.78, 5) is 18.5. The standard InChI is InChI=1S/C29H26Br3N3O3/c1-37-26-13-20(24(32)15-27(26)38-17-18-7-9-21(30)10-8-18)16-33-35-28(19-5-3-2-4-6-19)34-25-12-11-22(31)14-23(25)29(35)36/h7-16,19H,2-6,17H2,1H3. The average molecular weight is 704 g/mol. The van der Waals surface area contributed by atoms with E-state index in [1.165, 1.54) is 11.1 Å². The summed E-state index contributed by atoms with van der Waals surface area (Å²) in [5, 5.41) is 5.20. The van der Waals surface area contributed by atoms with Crippen LogP contribution in [0, 0.1) is 0 Å². The lowest BCUT2D eigenvalue weighted by molar-refractivity contribution is 0.284. The van der Waals surface area contributed by atoms with Crippen LogP contribution in [0.5, 0.6) is 11.5 Å². The number of fused-ring (bicyclic) bond motifs is 1. The van der Waals surface area contributed by atoms with Gasteiger partial charge in [-0.05, 0) is 76.8 Å². The molecule has 0 aliphatic heterocycles. The summed E-state index contributed by atoms with van der Waals surface area (Å²) in [7, 11) is 1.60. The Morgan fingerprint density at radius 3 is 2.45 bits per heavy atom. The van der Waals surface area contributed by atoms with Crippen molar-refractivity contribution < 1.29 is 9.47 Å². The van der Waals surface area contributed by atoms with Crippen LogP contribution >= 0.6 is 47.8 Å². The molecule has 38 heavy (non-hydrogen) atoms. The molecule has 0 amide bonds. The summed E-state index contributed by atoms with van der Waals surface area (Å²) in [6.45, 7) is 0.405. The van der Waals surface area contributed by atoms with Crippen molar-refractivity contribution in [1.29, 1.82) is 0 Å². The molecule has 1 saturated carbocycles. The van der Waals surface area contributed by atoms with E-state index in [0.717, 1.165) is 56.1 Å². The molecule has 1 fully saturated rings. The monoisotopic (exact) mass is 701 g/mol. The molecule has 1 aliphatic carbocycles. The Hall–Kier alpha value is -2.49. The zero-order chi connectivity index (χ0) is 26.6. The first-order valence-electron chi connectivity index (χ1n) is 12.4. The van der Waals surface area contributed by atoms with Gasteiger partial charge in [0.05, 0.1) is 24.2 Å². The number of aromatic nitrogens is 2. The maximum atomic E-state index is 13.6. The van der Waals surface area contributed by atoms with Crippen LogP contribution < -0.4 is 15.0 Å². The molecule has 1 aromatic heterocycles. The Balaban J connectivity index is 1.49. The maximum Gasteiger partial charge on any atom is 0.282 e. The molecule has 196 valence electrons. The molecule has 6 nitrogen and oxygen atoms in total. The number of benzene rings is 3. The third-order valence-corrected chi connectivity index (χ3v) is 8.42. The molecule has 4 aromatic rings. The summed E-state index contributed by atoms with van der Waals surface area (Å²) in [5.74, 6) is 2.11. The van der Waals surface area contributed by atoms with Crippen LogP contribution in [0.2, 0.25) is 0 Å². The van der Waals surface area contributed by atoms with Gasteiger partial charge < -0.3 is 9.47 Å². The van der Waals surface area contributed by atoms with E-state index >= 15 is 0 Å². The van der Waals surface area contributed by atoms with Gasteiger partial charge in [-0.2, -0.15) is 9.78 Å². The summed E-state index contributed by atoms with van der Waals surface area (Å²) in [6, 6.07) is 17.3. The molecule has 5 rings (SSSR count). The van der Waals surface area contributed by atoms with Crippen molar-refractivity contribution in [1.82, 2.24) is 9.66 Å². The molecule has 0 spiro atoms. The van der Waals surface area contributed by atoms with Crippen LogP contribution in [0.1, 0.15) is 55.0 Å². The predicted molar refractivity (Wildman–Crippen MR) is 162 cm³/mol. The second-order valence-electron chi connectivity index (χ2n) is 9.27. The highest BCUT2D eigenvalue weighted by molar-refractivity contribution is 9.11. The van der Waals surface area contributed by atoms with Crippen LogP contribution in [0.25, 0.3) is 10.9 Å². The van der Waals surface area contributed by atoms with E-state index in [0.29, 0.717) is 29.0 Å². The fourth-order valence-corrected chi connectivity index (χ4v) is 5.74. The van der Waals surface area contributed by atoms with E-state index in [9.17, 15) is 4.79 Å². The second kappa shape index (κ2) is 12.1. The molecule has 1 heterocycles. The van der Waals surface area contributed by atoms with Crippen LogP contribution in [-0.4, -0.2) is 23.0 Å². The molecule has 0 bridgehead atoms. The van der Waals surface area contributed by atoms with E-state index in [4.69, 9.17) is 14.5 Å². The van der Waals surface area contributed by atoms with E-state index in [2.05, 4.69) is 52.9 Å². The van der Waals surface area contributed by atoms with Crippen LogP contribution in [-0.2, 0) is 6.61 Å². The number of halogens is 3. The zero-order valence-corrected chi connectivity index (χ0v) is 25.6. The average Bonchev–Trinajstić information content (AvgIpc) is 2.93. The zero-order valence-electron chi connectivity index (χ0n) is 20.8. The van der Waals surface area contributed by atoms with E-state index in [1.54, 1.807) is 19.4 Å². The van der Waals surface area contributed by atoms with Crippen molar-refractivity contribution in [2.75, 3.05) is 7.11 Å². The lowest BCUT2D eigenvalue weighted by Gasteiger charge is -2.22. The lowest BCUT2D eigenvalue weighted by Crippen LogP contribution is -2.25. The van der Waals surface area contributed by atoms with Gasteiger partial charge in [-0.3, -0.25) is 4.79 Å². The van der Waals surface area contributed by atoms with Gasteiger partial charge >= 0.3 is 0 Å². The summed E-state index contributed by atoms with van der Waals surface area (Å²) >= 11 is 10.6. The number of hydrogen-bond acceptors (Lipinski definition) is 5. The van der Waals surface area contributed by atoms with Gasteiger partial charge in [-0.15, -0.1) is 0 Å². The molecule has 0 N–H and O–H groups in total. The van der Waals surface area contributed by atoms with Crippen LogP contribution in [0.4, 0.5) is 0 Å². The van der Waals surface area contributed by atoms with Crippen molar-refractivity contribution in [2.45, 2.75) is 44.6 Å². The van der Waals surface area contributed by atoms with Crippen molar-refractivity contribution in [2.24, 2.45) is 5.10 Å². The minimum Gasteiger partial charge on any atom is -0.493 e. The molecule has 9 heteroatoms. The normalized spacial score (nSPS) is 14.3. The number of ether oxygens (including phenoxy) is 2. The summed E-state index contributed by atoms with van der Waals surface area (Å²) < 4.78 is 15.8. The van der Waals surface area contributed by atoms with Gasteiger partial charge in [0.1, 0.15) is 12.4 Å². The second-order valence-corrected chi connectivity index (χ2v) is 12.0. The molecule has 0 radical (unpaired) electrons. The van der Waals surface area contributed by atoms with Gasteiger partial charge in [-0.1, -0.05) is 63.3 Å². The smallest absolute Gasteiger partial charge is 0.282 e. The van der Waals surface area contributed by atoms with Crippen molar-refractivity contribution in [3.63, 3.8) is 0 Å².